The summed E-state index contributed by atoms with van der Waals surface area (Å²) in [6.45, 7) is 6.96. The maximum Gasteiger partial charge on any atom is 0.284 e. The first-order chi connectivity index (χ1) is 10.5. The summed E-state index contributed by atoms with van der Waals surface area (Å²) in [6.07, 6.45) is 0.903. The number of amides is 1. The molecule has 1 amide bonds. The van der Waals surface area contributed by atoms with Gasteiger partial charge in [-0.1, -0.05) is 13.8 Å². The van der Waals surface area contributed by atoms with E-state index in [1.54, 1.807) is 19.2 Å². The van der Waals surface area contributed by atoms with Gasteiger partial charge in [0, 0.05) is 26.8 Å². The molecular weight excluding hydrogens is 284 g/mol. The number of hydrogen-bond donors (Lipinski definition) is 3. The van der Waals surface area contributed by atoms with Gasteiger partial charge in [0.25, 0.3) is 5.91 Å². The Morgan fingerprint density at radius 2 is 2.18 bits per heavy atom. The number of aliphatic imine (C=N–C) groups is 1. The number of guanidine groups is 1. The van der Waals surface area contributed by atoms with Gasteiger partial charge < -0.3 is 25.5 Å². The zero-order valence-electron chi connectivity index (χ0n) is 13.5. The summed E-state index contributed by atoms with van der Waals surface area (Å²) in [5.74, 6) is 1.43. The molecule has 0 spiro atoms. The van der Waals surface area contributed by atoms with Gasteiger partial charge in [-0.3, -0.25) is 9.79 Å². The number of carbonyl (C=O) groups is 1. The molecule has 0 radical (unpaired) electrons. The molecular formula is C15H26N4O3. The standard InChI is InChI=1S/C15H26N4O3/c1-11(2)10-21-8-4-7-18-15(17-3)19-9-12-5-6-13(22-12)14(16)20/h5-6,11H,4,7-10H2,1-3H3,(H2,16,20)(H2,17,18,19). The largest absolute Gasteiger partial charge is 0.454 e. The molecule has 7 heteroatoms. The van der Waals surface area contributed by atoms with Crippen LogP contribution in [0.5, 0.6) is 0 Å². The second-order valence-corrected chi connectivity index (χ2v) is 5.31. The van der Waals surface area contributed by atoms with Crippen LogP contribution >= 0.6 is 0 Å². The lowest BCUT2D eigenvalue weighted by atomic mass is 10.2. The molecule has 22 heavy (non-hydrogen) atoms. The normalized spacial score (nSPS) is 11.7. The fourth-order valence-corrected chi connectivity index (χ4v) is 1.70. The van der Waals surface area contributed by atoms with Gasteiger partial charge in [0.2, 0.25) is 0 Å². The van der Waals surface area contributed by atoms with E-state index in [1.807, 2.05) is 0 Å². The third kappa shape index (κ3) is 7.12. The van der Waals surface area contributed by atoms with Gasteiger partial charge in [-0.25, -0.2) is 0 Å². The Morgan fingerprint density at radius 1 is 1.41 bits per heavy atom. The number of rotatable bonds is 9. The van der Waals surface area contributed by atoms with Gasteiger partial charge in [-0.2, -0.15) is 0 Å². The van der Waals surface area contributed by atoms with E-state index in [0.717, 1.165) is 26.2 Å². The summed E-state index contributed by atoms with van der Waals surface area (Å²) in [4.78, 5) is 15.0. The Bertz CT molecular complexity index is 483. The van der Waals surface area contributed by atoms with Gasteiger partial charge in [-0.15, -0.1) is 0 Å². The molecule has 0 aromatic carbocycles. The van der Waals surface area contributed by atoms with Crippen LogP contribution in [0.4, 0.5) is 0 Å². The zero-order valence-corrected chi connectivity index (χ0v) is 13.5. The number of carbonyl (C=O) groups excluding carboxylic acids is 1. The van der Waals surface area contributed by atoms with Crippen LogP contribution in [0.15, 0.2) is 21.5 Å². The predicted octanol–water partition coefficient (Wildman–Crippen LogP) is 1.11. The molecule has 1 rings (SSSR count). The van der Waals surface area contributed by atoms with Crippen molar-refractivity contribution < 1.29 is 13.9 Å². The highest BCUT2D eigenvalue weighted by Gasteiger charge is 2.07. The van der Waals surface area contributed by atoms with Crippen LogP contribution in [0.1, 0.15) is 36.6 Å². The van der Waals surface area contributed by atoms with E-state index >= 15 is 0 Å². The molecule has 1 aromatic rings. The minimum absolute atomic E-state index is 0.155. The Balaban J connectivity index is 2.20. The van der Waals surface area contributed by atoms with Crippen LogP contribution in [0.2, 0.25) is 0 Å². The van der Waals surface area contributed by atoms with Crippen molar-refractivity contribution in [2.45, 2.75) is 26.8 Å². The van der Waals surface area contributed by atoms with Crippen molar-refractivity contribution in [1.82, 2.24) is 10.6 Å². The summed E-state index contributed by atoms with van der Waals surface area (Å²) in [5, 5.41) is 6.28. The number of nitrogens with two attached hydrogens (primary N) is 1. The van der Waals surface area contributed by atoms with E-state index in [-0.39, 0.29) is 5.76 Å². The number of nitrogens with zero attached hydrogens (tertiary/aromatic N) is 1. The van der Waals surface area contributed by atoms with Crippen LogP contribution in [-0.4, -0.2) is 38.7 Å². The molecule has 4 N–H and O–H groups in total. The van der Waals surface area contributed by atoms with Crippen LogP contribution in [-0.2, 0) is 11.3 Å². The minimum Gasteiger partial charge on any atom is -0.454 e. The summed E-state index contributed by atoms with van der Waals surface area (Å²) >= 11 is 0. The zero-order chi connectivity index (χ0) is 16.4. The Kier molecular flexibility index (Phi) is 8.06. The number of furan rings is 1. The topological polar surface area (TPSA) is 102 Å². The number of nitrogens with one attached hydrogen (secondary N) is 2. The first kappa shape index (κ1) is 18.0. The van der Waals surface area contributed by atoms with Crippen LogP contribution in [0.3, 0.4) is 0 Å². The second-order valence-electron chi connectivity index (χ2n) is 5.31. The Hall–Kier alpha value is -2.02. The lowest BCUT2D eigenvalue weighted by Crippen LogP contribution is -2.37. The average Bonchev–Trinajstić information content (AvgIpc) is 2.94. The van der Waals surface area contributed by atoms with E-state index in [9.17, 15) is 4.79 Å². The van der Waals surface area contributed by atoms with Crippen molar-refractivity contribution in [3.05, 3.63) is 23.7 Å². The molecule has 0 aliphatic rings. The first-order valence-corrected chi connectivity index (χ1v) is 7.43. The fourth-order valence-electron chi connectivity index (χ4n) is 1.70. The molecule has 1 aromatic heterocycles. The smallest absolute Gasteiger partial charge is 0.284 e. The molecule has 124 valence electrons. The molecule has 0 aliphatic carbocycles. The predicted molar refractivity (Wildman–Crippen MR) is 85.7 cm³/mol. The molecule has 1 heterocycles. The number of hydrogen-bond acceptors (Lipinski definition) is 4. The van der Waals surface area contributed by atoms with Gasteiger partial charge >= 0.3 is 0 Å². The van der Waals surface area contributed by atoms with Gasteiger partial charge in [0.15, 0.2) is 11.7 Å². The summed E-state index contributed by atoms with van der Waals surface area (Å²) in [6, 6.07) is 3.27. The third-order valence-corrected chi connectivity index (χ3v) is 2.77. The second kappa shape index (κ2) is 9.83. The Labute approximate surface area is 131 Å². The highest BCUT2D eigenvalue weighted by molar-refractivity contribution is 5.89. The van der Waals surface area contributed by atoms with E-state index in [4.69, 9.17) is 14.9 Å². The number of ether oxygens (including phenoxy) is 1. The minimum atomic E-state index is -0.574. The quantitative estimate of drug-likeness (QED) is 0.360. The van der Waals surface area contributed by atoms with Crippen LogP contribution in [0, 0.1) is 5.92 Å². The summed E-state index contributed by atoms with van der Waals surface area (Å²) in [5.41, 5.74) is 5.13. The highest BCUT2D eigenvalue weighted by atomic mass is 16.5. The summed E-state index contributed by atoms with van der Waals surface area (Å²) < 4.78 is 10.8. The van der Waals surface area contributed by atoms with Crippen LogP contribution in [0.25, 0.3) is 0 Å². The molecule has 0 aliphatic heterocycles. The average molecular weight is 310 g/mol. The van der Waals surface area contributed by atoms with E-state index in [0.29, 0.717) is 24.2 Å². The van der Waals surface area contributed by atoms with Crippen molar-refractivity contribution in [3.63, 3.8) is 0 Å². The third-order valence-electron chi connectivity index (χ3n) is 2.77. The van der Waals surface area contributed by atoms with Gasteiger partial charge in [0.05, 0.1) is 6.54 Å². The maximum absolute atomic E-state index is 10.9. The van der Waals surface area contributed by atoms with Crippen molar-refractivity contribution in [2.75, 3.05) is 26.8 Å². The van der Waals surface area contributed by atoms with E-state index in [1.165, 1.54) is 0 Å². The lowest BCUT2D eigenvalue weighted by Gasteiger charge is -2.11. The van der Waals surface area contributed by atoms with Crippen LogP contribution < -0.4 is 16.4 Å². The summed E-state index contributed by atoms with van der Waals surface area (Å²) in [7, 11) is 1.70. The molecule has 0 saturated heterocycles. The van der Waals surface area contributed by atoms with Crippen molar-refractivity contribution in [1.29, 1.82) is 0 Å². The monoisotopic (exact) mass is 310 g/mol. The number of primary amides is 1. The molecule has 0 saturated carbocycles. The molecule has 7 nitrogen and oxygen atoms in total. The van der Waals surface area contributed by atoms with Gasteiger partial charge in [0.1, 0.15) is 5.76 Å². The molecule has 0 bridgehead atoms. The van der Waals surface area contributed by atoms with Crippen molar-refractivity contribution >= 4 is 11.9 Å². The Morgan fingerprint density at radius 3 is 2.77 bits per heavy atom. The molecule has 0 atom stereocenters. The maximum atomic E-state index is 10.9. The molecule has 0 unspecified atom stereocenters. The fraction of sp³-hybridized carbons (Fsp3) is 0.600. The van der Waals surface area contributed by atoms with Gasteiger partial charge in [-0.05, 0) is 24.5 Å². The van der Waals surface area contributed by atoms with Crippen molar-refractivity contribution in [3.8, 4) is 0 Å². The van der Waals surface area contributed by atoms with E-state index < -0.39 is 5.91 Å². The van der Waals surface area contributed by atoms with Crippen molar-refractivity contribution in [2.24, 2.45) is 16.6 Å². The molecule has 0 fully saturated rings. The highest BCUT2D eigenvalue weighted by Crippen LogP contribution is 2.06. The lowest BCUT2D eigenvalue weighted by molar-refractivity contribution is 0.0972. The first-order valence-electron chi connectivity index (χ1n) is 7.43. The SMILES string of the molecule is CN=C(NCCCOCC(C)C)NCc1ccc(C(N)=O)o1. The van der Waals surface area contributed by atoms with E-state index in [2.05, 4.69) is 29.5 Å².